The quantitative estimate of drug-likeness (QED) is 0.638. The highest BCUT2D eigenvalue weighted by molar-refractivity contribution is 9.10. The smallest absolute Gasteiger partial charge is 0.139 e. The zero-order valence-electron chi connectivity index (χ0n) is 16.6. The lowest BCUT2D eigenvalue weighted by Crippen LogP contribution is -2.05. The molecule has 1 atom stereocenters. The lowest BCUT2D eigenvalue weighted by atomic mass is 10.2. The highest BCUT2D eigenvalue weighted by Crippen LogP contribution is 2.16. The van der Waals surface area contributed by atoms with Crippen LogP contribution in [-0.4, -0.2) is 33.4 Å². The molecule has 6 heteroatoms. The standard InChI is InChI=1S/C13H19NO2.C8H10BrNO/c1-10(2)16-13-7-12(8-14-9-13)6-4-5-11(3)15;1-6(2)11-8-3-7(9)4-10-5-8/h4,6-11,15H,5H2,1-3H3;3-6H,1-2H3/b6-4+;/t11-;/m0./s1. The van der Waals surface area contributed by atoms with Crippen molar-refractivity contribution < 1.29 is 14.6 Å². The molecule has 27 heavy (non-hydrogen) atoms. The van der Waals surface area contributed by atoms with E-state index in [1.54, 1.807) is 31.7 Å². The average Bonchev–Trinajstić information content (AvgIpc) is 2.54. The summed E-state index contributed by atoms with van der Waals surface area (Å²) in [6, 6.07) is 3.83. The molecular formula is C21H29BrN2O3. The van der Waals surface area contributed by atoms with E-state index < -0.39 is 0 Å². The molecular weight excluding hydrogens is 408 g/mol. The second kappa shape index (κ2) is 12.5. The predicted molar refractivity (Wildman–Crippen MR) is 113 cm³/mol. The molecule has 0 amide bonds. The van der Waals surface area contributed by atoms with E-state index in [9.17, 15) is 0 Å². The fraction of sp³-hybridized carbons (Fsp3) is 0.429. The third-order valence-corrected chi connectivity index (χ3v) is 3.38. The van der Waals surface area contributed by atoms with Crippen molar-refractivity contribution >= 4 is 22.0 Å². The van der Waals surface area contributed by atoms with Gasteiger partial charge in [-0.15, -0.1) is 0 Å². The van der Waals surface area contributed by atoms with Gasteiger partial charge in [-0.05, 0) is 74.7 Å². The second-order valence-corrected chi connectivity index (χ2v) is 7.53. The summed E-state index contributed by atoms with van der Waals surface area (Å²) in [5.74, 6) is 1.57. The van der Waals surface area contributed by atoms with Gasteiger partial charge < -0.3 is 14.6 Å². The third kappa shape index (κ3) is 11.4. The Hall–Kier alpha value is -1.92. The van der Waals surface area contributed by atoms with Gasteiger partial charge >= 0.3 is 0 Å². The molecule has 0 radical (unpaired) electrons. The Kier molecular flexibility index (Phi) is 10.7. The van der Waals surface area contributed by atoms with E-state index in [1.807, 2.05) is 52.0 Å². The van der Waals surface area contributed by atoms with Gasteiger partial charge in [0.05, 0.1) is 30.7 Å². The number of halogens is 1. The summed E-state index contributed by atoms with van der Waals surface area (Å²) in [5, 5.41) is 9.11. The van der Waals surface area contributed by atoms with Crippen LogP contribution >= 0.6 is 15.9 Å². The first-order valence-electron chi connectivity index (χ1n) is 8.99. The molecule has 2 aromatic rings. The summed E-state index contributed by atoms with van der Waals surface area (Å²) in [6.45, 7) is 9.70. The minimum atomic E-state index is -0.306. The Morgan fingerprint density at radius 1 is 0.926 bits per heavy atom. The summed E-state index contributed by atoms with van der Waals surface area (Å²) >= 11 is 3.31. The van der Waals surface area contributed by atoms with Gasteiger partial charge in [-0.1, -0.05) is 12.2 Å². The van der Waals surface area contributed by atoms with Crippen molar-refractivity contribution in [2.75, 3.05) is 0 Å². The van der Waals surface area contributed by atoms with E-state index in [-0.39, 0.29) is 18.3 Å². The van der Waals surface area contributed by atoms with Gasteiger partial charge in [0, 0.05) is 16.9 Å². The Morgan fingerprint density at radius 2 is 1.48 bits per heavy atom. The van der Waals surface area contributed by atoms with Crippen LogP contribution in [0.15, 0.2) is 47.5 Å². The molecule has 2 rings (SSSR count). The summed E-state index contributed by atoms with van der Waals surface area (Å²) < 4.78 is 11.9. The molecule has 0 bridgehead atoms. The molecule has 0 unspecified atom stereocenters. The Bertz CT molecular complexity index is 703. The molecule has 0 aliphatic rings. The number of aromatic nitrogens is 2. The molecule has 0 saturated heterocycles. The Labute approximate surface area is 170 Å². The van der Waals surface area contributed by atoms with Crippen LogP contribution in [-0.2, 0) is 0 Å². The van der Waals surface area contributed by atoms with E-state index in [2.05, 4.69) is 25.9 Å². The first-order chi connectivity index (χ1) is 12.8. The summed E-state index contributed by atoms with van der Waals surface area (Å²) in [4.78, 5) is 8.06. The van der Waals surface area contributed by atoms with Crippen molar-refractivity contribution in [3.8, 4) is 11.5 Å². The number of aliphatic hydroxyl groups excluding tert-OH is 1. The molecule has 0 fully saturated rings. The molecule has 1 N–H and O–H groups in total. The van der Waals surface area contributed by atoms with Crippen LogP contribution in [0, 0.1) is 0 Å². The largest absolute Gasteiger partial charge is 0.489 e. The number of ether oxygens (including phenoxy) is 2. The van der Waals surface area contributed by atoms with E-state index in [4.69, 9.17) is 14.6 Å². The normalized spacial score (nSPS) is 12.0. The number of rotatable bonds is 7. The number of hydrogen-bond donors (Lipinski definition) is 1. The van der Waals surface area contributed by atoms with Crippen LogP contribution in [0.2, 0.25) is 0 Å². The maximum absolute atomic E-state index is 9.11. The zero-order chi connectivity index (χ0) is 20.2. The molecule has 148 valence electrons. The zero-order valence-corrected chi connectivity index (χ0v) is 18.2. The van der Waals surface area contributed by atoms with Crippen LogP contribution in [0.4, 0.5) is 0 Å². The minimum Gasteiger partial charge on any atom is -0.489 e. The van der Waals surface area contributed by atoms with Crippen molar-refractivity contribution in [1.29, 1.82) is 0 Å². The van der Waals surface area contributed by atoms with E-state index in [1.165, 1.54) is 0 Å². The predicted octanol–water partition coefficient (Wildman–Crippen LogP) is 5.28. The van der Waals surface area contributed by atoms with Gasteiger partial charge in [0.1, 0.15) is 11.5 Å². The average molecular weight is 437 g/mol. The molecule has 0 spiro atoms. The van der Waals surface area contributed by atoms with Crippen molar-refractivity contribution in [3.63, 3.8) is 0 Å². The topological polar surface area (TPSA) is 64.5 Å². The number of hydrogen-bond acceptors (Lipinski definition) is 5. The van der Waals surface area contributed by atoms with Crippen LogP contribution in [0.25, 0.3) is 6.08 Å². The van der Waals surface area contributed by atoms with Crippen LogP contribution in [0.1, 0.15) is 46.6 Å². The van der Waals surface area contributed by atoms with Crippen molar-refractivity contribution in [2.24, 2.45) is 0 Å². The van der Waals surface area contributed by atoms with Gasteiger partial charge in [-0.2, -0.15) is 0 Å². The monoisotopic (exact) mass is 436 g/mol. The SMILES string of the molecule is CC(C)Oc1cncc(/C=C/C[C@H](C)O)c1.CC(C)Oc1cncc(Br)c1. The van der Waals surface area contributed by atoms with Gasteiger partial charge in [-0.25, -0.2) is 0 Å². The molecule has 2 heterocycles. The van der Waals surface area contributed by atoms with Crippen molar-refractivity contribution in [2.45, 2.75) is 59.4 Å². The fourth-order valence-corrected chi connectivity index (χ4v) is 2.34. The van der Waals surface area contributed by atoms with E-state index in [0.29, 0.717) is 6.42 Å². The molecule has 0 aliphatic carbocycles. The maximum Gasteiger partial charge on any atom is 0.139 e. The second-order valence-electron chi connectivity index (χ2n) is 6.61. The van der Waals surface area contributed by atoms with Crippen molar-refractivity contribution in [3.05, 3.63) is 53.0 Å². The number of nitrogens with zero attached hydrogens (tertiary/aromatic N) is 2. The van der Waals surface area contributed by atoms with Crippen LogP contribution < -0.4 is 9.47 Å². The third-order valence-electron chi connectivity index (χ3n) is 2.95. The minimum absolute atomic E-state index is 0.151. The lowest BCUT2D eigenvalue weighted by Gasteiger charge is -2.09. The van der Waals surface area contributed by atoms with Crippen LogP contribution in [0.5, 0.6) is 11.5 Å². The molecule has 0 aromatic carbocycles. The van der Waals surface area contributed by atoms with Crippen molar-refractivity contribution in [1.82, 2.24) is 9.97 Å². The number of aliphatic hydroxyl groups is 1. The highest BCUT2D eigenvalue weighted by atomic mass is 79.9. The van der Waals surface area contributed by atoms with Gasteiger partial charge in [-0.3, -0.25) is 9.97 Å². The molecule has 0 saturated carbocycles. The fourth-order valence-electron chi connectivity index (χ4n) is 1.99. The first kappa shape index (κ1) is 23.1. The lowest BCUT2D eigenvalue weighted by molar-refractivity contribution is 0.199. The van der Waals surface area contributed by atoms with Gasteiger partial charge in [0.15, 0.2) is 0 Å². The summed E-state index contributed by atoms with van der Waals surface area (Å²) in [6.07, 6.45) is 11.5. The van der Waals surface area contributed by atoms with Gasteiger partial charge in [0.25, 0.3) is 0 Å². The van der Waals surface area contributed by atoms with Gasteiger partial charge in [0.2, 0.25) is 0 Å². The highest BCUT2D eigenvalue weighted by Gasteiger charge is 1.99. The van der Waals surface area contributed by atoms with Crippen LogP contribution in [0.3, 0.4) is 0 Å². The van der Waals surface area contributed by atoms with E-state index >= 15 is 0 Å². The Balaban J connectivity index is 0.000000289. The van der Waals surface area contributed by atoms with E-state index in [0.717, 1.165) is 21.5 Å². The molecule has 2 aromatic heterocycles. The molecule has 0 aliphatic heterocycles. The Morgan fingerprint density at radius 3 is 2.00 bits per heavy atom. The summed E-state index contributed by atoms with van der Waals surface area (Å²) in [7, 11) is 0. The first-order valence-corrected chi connectivity index (χ1v) is 9.79. The number of pyridine rings is 2. The summed E-state index contributed by atoms with van der Waals surface area (Å²) in [5.41, 5.74) is 0.985. The molecule has 5 nitrogen and oxygen atoms in total. The maximum atomic E-state index is 9.11.